The van der Waals surface area contributed by atoms with Crippen LogP contribution in [0.4, 0.5) is 0 Å². The SMILES string of the molecule is CCNC(C)c1ccc(Br)cc1OCC=C(C)C. The molecule has 0 heterocycles. The van der Waals surface area contributed by atoms with E-state index < -0.39 is 0 Å². The minimum absolute atomic E-state index is 0.296. The predicted octanol–water partition coefficient (Wildman–Crippen LogP) is 4.46. The Morgan fingerprint density at radius 2 is 2.17 bits per heavy atom. The number of halogens is 1. The topological polar surface area (TPSA) is 21.3 Å². The summed E-state index contributed by atoms with van der Waals surface area (Å²) in [5.74, 6) is 0.940. The van der Waals surface area contributed by atoms with Gasteiger partial charge in [-0.3, -0.25) is 0 Å². The van der Waals surface area contributed by atoms with E-state index in [1.165, 1.54) is 11.1 Å². The summed E-state index contributed by atoms with van der Waals surface area (Å²) >= 11 is 3.49. The minimum atomic E-state index is 0.296. The fraction of sp³-hybridized carbons (Fsp3) is 0.467. The van der Waals surface area contributed by atoms with E-state index in [1.54, 1.807) is 0 Å². The molecule has 0 amide bonds. The molecule has 100 valence electrons. The Labute approximate surface area is 119 Å². The van der Waals surface area contributed by atoms with Gasteiger partial charge in [-0.05, 0) is 45.5 Å². The van der Waals surface area contributed by atoms with Gasteiger partial charge in [0.15, 0.2) is 0 Å². The summed E-state index contributed by atoms with van der Waals surface area (Å²) < 4.78 is 6.89. The lowest BCUT2D eigenvalue weighted by Gasteiger charge is -2.17. The van der Waals surface area contributed by atoms with E-state index in [4.69, 9.17) is 4.74 Å². The molecule has 1 N–H and O–H groups in total. The highest BCUT2D eigenvalue weighted by Crippen LogP contribution is 2.28. The zero-order valence-electron chi connectivity index (χ0n) is 11.6. The van der Waals surface area contributed by atoms with Crippen molar-refractivity contribution in [2.75, 3.05) is 13.2 Å². The smallest absolute Gasteiger partial charge is 0.125 e. The molecule has 0 aliphatic carbocycles. The predicted molar refractivity (Wildman–Crippen MR) is 81.2 cm³/mol. The van der Waals surface area contributed by atoms with Crippen LogP contribution in [0.3, 0.4) is 0 Å². The lowest BCUT2D eigenvalue weighted by molar-refractivity contribution is 0.353. The van der Waals surface area contributed by atoms with Gasteiger partial charge in [-0.15, -0.1) is 0 Å². The van der Waals surface area contributed by atoms with E-state index in [2.05, 4.69) is 67.2 Å². The molecule has 0 saturated heterocycles. The Balaban J connectivity index is 2.86. The van der Waals surface area contributed by atoms with E-state index in [9.17, 15) is 0 Å². The second-order valence-electron chi connectivity index (χ2n) is 4.55. The Hall–Kier alpha value is -0.800. The Morgan fingerprint density at radius 3 is 2.78 bits per heavy atom. The molecule has 0 spiro atoms. The van der Waals surface area contributed by atoms with Gasteiger partial charge in [-0.25, -0.2) is 0 Å². The van der Waals surface area contributed by atoms with Crippen LogP contribution in [0.1, 0.15) is 39.3 Å². The summed E-state index contributed by atoms with van der Waals surface area (Å²) in [6, 6.07) is 6.48. The molecule has 0 radical (unpaired) electrons. The highest BCUT2D eigenvalue weighted by Gasteiger charge is 2.10. The second-order valence-corrected chi connectivity index (χ2v) is 5.47. The number of hydrogen-bond donors (Lipinski definition) is 1. The van der Waals surface area contributed by atoms with Crippen molar-refractivity contribution >= 4 is 15.9 Å². The molecule has 1 atom stereocenters. The molecule has 1 aromatic carbocycles. The number of rotatable bonds is 6. The average Bonchev–Trinajstić information content (AvgIpc) is 2.29. The number of allylic oxidation sites excluding steroid dienone is 1. The van der Waals surface area contributed by atoms with Gasteiger partial charge in [0.05, 0.1) is 0 Å². The maximum Gasteiger partial charge on any atom is 0.125 e. The summed E-state index contributed by atoms with van der Waals surface area (Å²) in [6.45, 7) is 9.98. The third-order valence-corrected chi connectivity index (χ3v) is 3.18. The van der Waals surface area contributed by atoms with Crippen molar-refractivity contribution in [2.45, 2.75) is 33.7 Å². The lowest BCUT2D eigenvalue weighted by Crippen LogP contribution is -2.18. The molecule has 0 saturated carbocycles. The van der Waals surface area contributed by atoms with Crippen molar-refractivity contribution in [2.24, 2.45) is 0 Å². The first-order chi connectivity index (χ1) is 8.54. The Kier molecular flexibility index (Phi) is 6.44. The summed E-state index contributed by atoms with van der Waals surface area (Å²) in [5.41, 5.74) is 2.47. The van der Waals surface area contributed by atoms with E-state index in [-0.39, 0.29) is 0 Å². The maximum atomic E-state index is 5.85. The first-order valence-electron chi connectivity index (χ1n) is 6.33. The number of hydrogen-bond acceptors (Lipinski definition) is 2. The van der Waals surface area contributed by atoms with Crippen molar-refractivity contribution in [1.82, 2.24) is 5.32 Å². The van der Waals surface area contributed by atoms with E-state index in [0.717, 1.165) is 16.8 Å². The zero-order chi connectivity index (χ0) is 13.5. The van der Waals surface area contributed by atoms with E-state index >= 15 is 0 Å². The normalized spacial score (nSPS) is 12.1. The largest absolute Gasteiger partial charge is 0.489 e. The van der Waals surface area contributed by atoms with Crippen LogP contribution in [0.5, 0.6) is 5.75 Å². The van der Waals surface area contributed by atoms with E-state index in [0.29, 0.717) is 12.6 Å². The molecular weight excluding hydrogens is 290 g/mol. The summed E-state index contributed by atoms with van der Waals surface area (Å²) in [4.78, 5) is 0. The van der Waals surface area contributed by atoms with Crippen LogP contribution < -0.4 is 10.1 Å². The van der Waals surface area contributed by atoms with Gasteiger partial charge >= 0.3 is 0 Å². The molecule has 18 heavy (non-hydrogen) atoms. The van der Waals surface area contributed by atoms with Gasteiger partial charge in [0, 0.05) is 16.1 Å². The standard InChI is InChI=1S/C15H22BrNO/c1-5-17-12(4)14-7-6-13(16)10-15(14)18-9-8-11(2)3/h6-8,10,12,17H,5,9H2,1-4H3. The number of nitrogens with one attached hydrogen (secondary N) is 1. The minimum Gasteiger partial charge on any atom is -0.489 e. The van der Waals surface area contributed by atoms with Crippen LogP contribution in [-0.2, 0) is 0 Å². The lowest BCUT2D eigenvalue weighted by atomic mass is 10.1. The van der Waals surface area contributed by atoms with Crippen LogP contribution >= 0.6 is 15.9 Å². The first-order valence-corrected chi connectivity index (χ1v) is 7.13. The zero-order valence-corrected chi connectivity index (χ0v) is 13.2. The monoisotopic (exact) mass is 311 g/mol. The van der Waals surface area contributed by atoms with Crippen LogP contribution in [0.2, 0.25) is 0 Å². The molecule has 2 nitrogen and oxygen atoms in total. The Bertz CT molecular complexity index is 411. The van der Waals surface area contributed by atoms with Gasteiger partial charge in [0.1, 0.15) is 12.4 Å². The molecular formula is C15H22BrNO. The quantitative estimate of drug-likeness (QED) is 0.783. The molecule has 0 bridgehead atoms. The van der Waals surface area contributed by atoms with Crippen molar-refractivity contribution in [3.05, 3.63) is 39.9 Å². The van der Waals surface area contributed by atoms with Crippen LogP contribution in [0, 0.1) is 0 Å². The fourth-order valence-corrected chi connectivity index (χ4v) is 2.05. The highest BCUT2D eigenvalue weighted by molar-refractivity contribution is 9.10. The molecule has 3 heteroatoms. The van der Waals surface area contributed by atoms with Crippen LogP contribution in [0.25, 0.3) is 0 Å². The average molecular weight is 312 g/mol. The molecule has 0 aliphatic rings. The van der Waals surface area contributed by atoms with Crippen molar-refractivity contribution in [3.63, 3.8) is 0 Å². The summed E-state index contributed by atoms with van der Waals surface area (Å²) in [7, 11) is 0. The van der Waals surface area contributed by atoms with Gasteiger partial charge in [-0.1, -0.05) is 34.5 Å². The maximum absolute atomic E-state index is 5.85. The third kappa shape index (κ3) is 4.83. The summed E-state index contributed by atoms with van der Waals surface area (Å²) in [5, 5.41) is 3.41. The molecule has 1 aromatic rings. The summed E-state index contributed by atoms with van der Waals surface area (Å²) in [6.07, 6.45) is 2.09. The number of ether oxygens (including phenoxy) is 1. The Morgan fingerprint density at radius 1 is 1.44 bits per heavy atom. The van der Waals surface area contributed by atoms with Crippen molar-refractivity contribution < 1.29 is 4.74 Å². The third-order valence-electron chi connectivity index (χ3n) is 2.68. The fourth-order valence-electron chi connectivity index (χ4n) is 1.71. The molecule has 0 aromatic heterocycles. The second kappa shape index (κ2) is 7.59. The van der Waals surface area contributed by atoms with Gasteiger partial charge in [0.2, 0.25) is 0 Å². The van der Waals surface area contributed by atoms with Gasteiger partial charge < -0.3 is 10.1 Å². The highest BCUT2D eigenvalue weighted by atomic mass is 79.9. The van der Waals surface area contributed by atoms with Gasteiger partial charge in [0.25, 0.3) is 0 Å². The number of benzene rings is 1. The molecule has 1 unspecified atom stereocenters. The van der Waals surface area contributed by atoms with Crippen LogP contribution in [-0.4, -0.2) is 13.2 Å². The molecule has 0 aliphatic heterocycles. The van der Waals surface area contributed by atoms with Crippen molar-refractivity contribution in [3.8, 4) is 5.75 Å². The first kappa shape index (κ1) is 15.3. The van der Waals surface area contributed by atoms with Gasteiger partial charge in [-0.2, -0.15) is 0 Å². The van der Waals surface area contributed by atoms with E-state index in [1.807, 2.05) is 6.07 Å². The molecule has 0 fully saturated rings. The molecule has 1 rings (SSSR count). The van der Waals surface area contributed by atoms with Crippen molar-refractivity contribution in [1.29, 1.82) is 0 Å². The van der Waals surface area contributed by atoms with Crippen LogP contribution in [0.15, 0.2) is 34.3 Å².